The van der Waals surface area contributed by atoms with E-state index in [1.807, 2.05) is 49.4 Å². The van der Waals surface area contributed by atoms with Gasteiger partial charge in [-0.15, -0.1) is 0 Å². The number of ether oxygens (including phenoxy) is 3. The van der Waals surface area contributed by atoms with Crippen molar-refractivity contribution in [1.82, 2.24) is 0 Å². The van der Waals surface area contributed by atoms with Crippen LogP contribution in [-0.2, 0) is 21.6 Å². The molecule has 0 unspecified atom stereocenters. The lowest BCUT2D eigenvalue weighted by molar-refractivity contribution is -0.140. The van der Waals surface area contributed by atoms with Gasteiger partial charge >= 0.3 is 5.97 Å². The Labute approximate surface area is 201 Å². The number of methoxy groups -OCH3 is 2. The van der Waals surface area contributed by atoms with Crippen molar-refractivity contribution in [1.29, 1.82) is 0 Å². The molecule has 0 saturated heterocycles. The fraction of sp³-hybridized carbons (Fsp3) is 0.345. The fourth-order valence-electron chi connectivity index (χ4n) is 3.91. The Morgan fingerprint density at radius 3 is 2.21 bits per heavy atom. The van der Waals surface area contributed by atoms with Crippen LogP contribution in [0.4, 0.5) is 4.39 Å². The molecule has 4 nitrogen and oxygen atoms in total. The van der Waals surface area contributed by atoms with Crippen LogP contribution in [-0.4, -0.2) is 20.2 Å². The second kappa shape index (κ2) is 10.7. The van der Waals surface area contributed by atoms with E-state index in [-0.39, 0.29) is 23.1 Å². The molecule has 0 saturated carbocycles. The molecule has 1 atom stereocenters. The summed E-state index contributed by atoms with van der Waals surface area (Å²) in [6, 6.07) is 18.6. The summed E-state index contributed by atoms with van der Waals surface area (Å²) in [5, 5.41) is 0. The largest absolute Gasteiger partial charge is 0.497 e. The summed E-state index contributed by atoms with van der Waals surface area (Å²) in [4.78, 5) is 11.5. The Balaban J connectivity index is 1.82. The maximum absolute atomic E-state index is 14.8. The lowest BCUT2D eigenvalue weighted by Gasteiger charge is -2.24. The summed E-state index contributed by atoms with van der Waals surface area (Å²) >= 11 is 0. The molecule has 0 heterocycles. The highest BCUT2D eigenvalue weighted by Gasteiger charge is 2.21. The molecular formula is C29H33FO4. The van der Waals surface area contributed by atoms with Crippen LogP contribution in [0.3, 0.4) is 0 Å². The smallest absolute Gasteiger partial charge is 0.306 e. The molecule has 180 valence electrons. The van der Waals surface area contributed by atoms with Crippen LogP contribution in [0.15, 0.2) is 60.7 Å². The number of benzene rings is 3. The van der Waals surface area contributed by atoms with E-state index in [9.17, 15) is 9.18 Å². The molecule has 3 aromatic rings. The van der Waals surface area contributed by atoms with Gasteiger partial charge in [0, 0.05) is 5.56 Å². The molecule has 3 rings (SSSR count). The average molecular weight is 465 g/mol. The van der Waals surface area contributed by atoms with Crippen LogP contribution in [0.1, 0.15) is 56.7 Å². The molecule has 5 heteroatoms. The summed E-state index contributed by atoms with van der Waals surface area (Å²) in [5.74, 6) is 0.880. The quantitative estimate of drug-likeness (QED) is 0.335. The third-order valence-corrected chi connectivity index (χ3v) is 5.91. The monoisotopic (exact) mass is 464 g/mol. The minimum absolute atomic E-state index is 0.0618. The number of carbonyl (C=O) groups excluding carboxylic acids is 1. The van der Waals surface area contributed by atoms with Gasteiger partial charge in [-0.2, -0.15) is 0 Å². The summed E-state index contributed by atoms with van der Waals surface area (Å²) in [6.45, 7) is 8.68. The Morgan fingerprint density at radius 1 is 0.912 bits per heavy atom. The van der Waals surface area contributed by atoms with E-state index in [4.69, 9.17) is 14.2 Å². The van der Waals surface area contributed by atoms with Crippen molar-refractivity contribution in [3.05, 3.63) is 83.2 Å². The number of carbonyl (C=O) groups is 1. The zero-order valence-corrected chi connectivity index (χ0v) is 20.8. The van der Waals surface area contributed by atoms with Crippen LogP contribution in [0.2, 0.25) is 0 Å². The van der Waals surface area contributed by atoms with Crippen molar-refractivity contribution in [3.8, 4) is 22.6 Å². The highest BCUT2D eigenvalue weighted by molar-refractivity contribution is 5.71. The molecule has 3 aromatic carbocycles. The van der Waals surface area contributed by atoms with Crippen molar-refractivity contribution in [2.24, 2.45) is 0 Å². The second-order valence-corrected chi connectivity index (χ2v) is 9.51. The Hall–Kier alpha value is -3.34. The summed E-state index contributed by atoms with van der Waals surface area (Å²) in [5.41, 5.74) is 4.21. The molecule has 0 radical (unpaired) electrons. The molecule has 0 amide bonds. The van der Waals surface area contributed by atoms with Gasteiger partial charge in [0.15, 0.2) is 0 Å². The first kappa shape index (κ1) is 25.3. The topological polar surface area (TPSA) is 44.8 Å². The van der Waals surface area contributed by atoms with Crippen molar-refractivity contribution < 1.29 is 23.4 Å². The van der Waals surface area contributed by atoms with Crippen molar-refractivity contribution in [3.63, 3.8) is 0 Å². The normalized spacial score (nSPS) is 12.2. The second-order valence-electron chi connectivity index (χ2n) is 9.51. The number of hydrogen-bond acceptors (Lipinski definition) is 4. The average Bonchev–Trinajstić information content (AvgIpc) is 2.82. The SMILES string of the molecule is COC(=O)C[C@@H](C)c1ccc(OCc2ccc(C(C)(C)C)c(-c3cc(OC)ccc3F)c2)cc1. The number of hydrogen-bond donors (Lipinski definition) is 0. The fourth-order valence-corrected chi connectivity index (χ4v) is 3.91. The van der Waals surface area contributed by atoms with Crippen LogP contribution in [0.25, 0.3) is 11.1 Å². The third kappa shape index (κ3) is 6.16. The van der Waals surface area contributed by atoms with E-state index in [2.05, 4.69) is 20.8 Å². The molecule has 0 N–H and O–H groups in total. The molecular weight excluding hydrogens is 431 g/mol. The van der Waals surface area contributed by atoms with Gasteiger partial charge < -0.3 is 14.2 Å². The van der Waals surface area contributed by atoms with Crippen LogP contribution in [0.5, 0.6) is 11.5 Å². The molecule has 0 fully saturated rings. The van der Waals surface area contributed by atoms with E-state index in [0.29, 0.717) is 24.3 Å². The number of rotatable bonds is 8. The van der Waals surface area contributed by atoms with E-state index < -0.39 is 0 Å². The standard InChI is InChI=1S/C29H33FO4/c1-19(15-28(31)33-6)21-8-10-22(11-9-21)34-18-20-7-13-26(29(2,3)4)24(16-20)25-17-23(32-5)12-14-27(25)30/h7-14,16-17,19H,15,18H2,1-6H3/t19-/m1/s1. The predicted molar refractivity (Wildman–Crippen MR) is 133 cm³/mol. The lowest BCUT2D eigenvalue weighted by Crippen LogP contribution is -2.13. The van der Waals surface area contributed by atoms with Crippen molar-refractivity contribution in [2.75, 3.05) is 14.2 Å². The van der Waals surface area contributed by atoms with Gasteiger partial charge in [-0.3, -0.25) is 4.79 Å². The van der Waals surface area contributed by atoms with Crippen LogP contribution < -0.4 is 9.47 Å². The minimum atomic E-state index is -0.291. The highest BCUT2D eigenvalue weighted by atomic mass is 19.1. The molecule has 0 spiro atoms. The minimum Gasteiger partial charge on any atom is -0.497 e. The van der Waals surface area contributed by atoms with Gasteiger partial charge in [-0.1, -0.05) is 52.0 Å². The Bertz CT molecular complexity index is 1130. The van der Waals surface area contributed by atoms with Crippen LogP contribution in [0, 0.1) is 5.82 Å². The van der Waals surface area contributed by atoms with E-state index in [1.165, 1.54) is 13.2 Å². The first-order valence-corrected chi connectivity index (χ1v) is 11.4. The van der Waals surface area contributed by atoms with E-state index >= 15 is 0 Å². The molecule has 0 aliphatic heterocycles. The summed E-state index contributed by atoms with van der Waals surface area (Å²) in [7, 11) is 2.97. The molecule has 0 bridgehead atoms. The maximum Gasteiger partial charge on any atom is 0.306 e. The van der Waals surface area contributed by atoms with Gasteiger partial charge in [0.05, 0.1) is 20.6 Å². The number of esters is 1. The zero-order chi connectivity index (χ0) is 24.9. The molecule has 34 heavy (non-hydrogen) atoms. The first-order valence-electron chi connectivity index (χ1n) is 11.4. The van der Waals surface area contributed by atoms with Crippen molar-refractivity contribution in [2.45, 2.75) is 52.1 Å². The predicted octanol–water partition coefficient (Wildman–Crippen LogP) is 7.04. The number of halogens is 1. The van der Waals surface area contributed by atoms with Crippen LogP contribution >= 0.6 is 0 Å². The summed E-state index contributed by atoms with van der Waals surface area (Å²) in [6.07, 6.45) is 0.334. The van der Waals surface area contributed by atoms with Crippen molar-refractivity contribution >= 4 is 5.97 Å². The first-order chi connectivity index (χ1) is 16.1. The third-order valence-electron chi connectivity index (χ3n) is 5.91. The van der Waals surface area contributed by atoms with Gasteiger partial charge in [-0.25, -0.2) is 4.39 Å². The lowest BCUT2D eigenvalue weighted by atomic mass is 9.81. The van der Waals surface area contributed by atoms with Gasteiger partial charge in [0.1, 0.15) is 23.9 Å². The molecule has 0 aromatic heterocycles. The van der Waals surface area contributed by atoms with Gasteiger partial charge in [0.25, 0.3) is 0 Å². The van der Waals surface area contributed by atoms with E-state index in [1.54, 1.807) is 19.2 Å². The van der Waals surface area contributed by atoms with Gasteiger partial charge in [0.2, 0.25) is 0 Å². The van der Waals surface area contributed by atoms with Gasteiger partial charge in [-0.05, 0) is 70.0 Å². The Morgan fingerprint density at radius 2 is 1.59 bits per heavy atom. The Kier molecular flexibility index (Phi) is 7.98. The summed E-state index contributed by atoms with van der Waals surface area (Å²) < 4.78 is 30.9. The molecule has 0 aliphatic carbocycles. The molecule has 0 aliphatic rings. The zero-order valence-electron chi connectivity index (χ0n) is 20.8. The van der Waals surface area contributed by atoms with E-state index in [0.717, 1.165) is 28.0 Å². The highest BCUT2D eigenvalue weighted by Crippen LogP contribution is 2.37. The maximum atomic E-state index is 14.8.